The zero-order chi connectivity index (χ0) is 23.7. The van der Waals surface area contributed by atoms with E-state index in [2.05, 4.69) is 85.5 Å². The molecule has 0 spiro atoms. The second-order valence-corrected chi connectivity index (χ2v) is 9.98. The van der Waals surface area contributed by atoms with Crippen molar-refractivity contribution >= 4 is 78.6 Å². The molecule has 166 valence electrons. The number of rotatable bonds is 5. The molecule has 7 heteroatoms. The van der Waals surface area contributed by atoms with E-state index < -0.39 is 0 Å². The van der Waals surface area contributed by atoms with E-state index in [0.29, 0.717) is 29.0 Å². The smallest absolute Gasteiger partial charge is 0.149 e. The van der Waals surface area contributed by atoms with Crippen LogP contribution in [-0.4, -0.2) is 9.97 Å². The number of nitrogens with one attached hydrogen (secondary N) is 1. The number of hydrogen-bond donors (Lipinski definition) is 1. The van der Waals surface area contributed by atoms with Crippen LogP contribution >= 0.6 is 45.2 Å². The molecule has 0 bridgehead atoms. The minimum absolute atomic E-state index is 0.353. The van der Waals surface area contributed by atoms with Crippen molar-refractivity contribution in [3.05, 3.63) is 103 Å². The molecule has 1 N–H and O–H groups in total. The van der Waals surface area contributed by atoms with Crippen molar-refractivity contribution in [2.45, 2.75) is 6.61 Å². The number of H-pyrrole nitrogens is 1. The van der Waals surface area contributed by atoms with Gasteiger partial charge in [0.2, 0.25) is 0 Å². The van der Waals surface area contributed by atoms with Gasteiger partial charge < -0.3 is 9.72 Å². The molecule has 1 heterocycles. The lowest BCUT2D eigenvalue weighted by Crippen LogP contribution is -2.00. The maximum Gasteiger partial charge on any atom is 0.149 e. The molecule has 0 atom stereocenters. The molecule has 0 aliphatic heterocycles. The third kappa shape index (κ3) is 4.65. The van der Waals surface area contributed by atoms with Crippen molar-refractivity contribution in [1.29, 1.82) is 5.26 Å². The maximum absolute atomic E-state index is 13.5. The molecule has 0 aliphatic carbocycles. The quantitative estimate of drug-likeness (QED) is 0.154. The van der Waals surface area contributed by atoms with E-state index >= 15 is 0 Å². The van der Waals surface area contributed by atoms with Crippen LogP contribution in [0.5, 0.6) is 5.75 Å². The lowest BCUT2D eigenvalue weighted by molar-refractivity contribution is 0.303. The number of nitriles is 1. The van der Waals surface area contributed by atoms with Gasteiger partial charge in [0.1, 0.15) is 30.1 Å². The second kappa shape index (κ2) is 9.72. The number of aromatic amines is 1. The fraction of sp³-hybridized carbons (Fsp3) is 0.0370. The number of ether oxygens (including phenoxy) is 1. The van der Waals surface area contributed by atoms with Crippen LogP contribution in [0.15, 0.2) is 72.8 Å². The van der Waals surface area contributed by atoms with Gasteiger partial charge in [-0.15, -0.1) is 0 Å². The van der Waals surface area contributed by atoms with Gasteiger partial charge in [-0.3, -0.25) is 0 Å². The Morgan fingerprint density at radius 2 is 1.79 bits per heavy atom. The van der Waals surface area contributed by atoms with Crippen molar-refractivity contribution in [3.63, 3.8) is 0 Å². The first-order valence-corrected chi connectivity index (χ1v) is 12.5. The molecule has 34 heavy (non-hydrogen) atoms. The predicted molar refractivity (Wildman–Crippen MR) is 150 cm³/mol. The Kier molecular flexibility index (Phi) is 6.52. The van der Waals surface area contributed by atoms with E-state index in [-0.39, 0.29) is 5.82 Å². The van der Waals surface area contributed by atoms with Crippen LogP contribution < -0.4 is 4.74 Å². The Labute approximate surface area is 222 Å². The third-order valence-electron chi connectivity index (χ3n) is 5.40. The van der Waals surface area contributed by atoms with Crippen LogP contribution in [0.2, 0.25) is 0 Å². The molecule has 0 aliphatic rings. The molecule has 0 saturated carbocycles. The van der Waals surface area contributed by atoms with Gasteiger partial charge in [0.15, 0.2) is 0 Å². The van der Waals surface area contributed by atoms with Gasteiger partial charge in [-0.25, -0.2) is 9.37 Å². The van der Waals surface area contributed by atoms with Gasteiger partial charge in [0.25, 0.3) is 0 Å². The zero-order valence-electron chi connectivity index (χ0n) is 17.6. The van der Waals surface area contributed by atoms with Crippen LogP contribution in [0.1, 0.15) is 17.0 Å². The summed E-state index contributed by atoms with van der Waals surface area (Å²) < 4.78 is 21.6. The summed E-state index contributed by atoms with van der Waals surface area (Å²) in [6, 6.07) is 24.9. The van der Waals surface area contributed by atoms with Gasteiger partial charge in [-0.1, -0.05) is 42.5 Å². The molecule has 0 amide bonds. The number of halogens is 3. The average Bonchev–Trinajstić information content (AvgIpc) is 3.25. The highest BCUT2D eigenvalue weighted by Crippen LogP contribution is 2.32. The molecule has 0 fully saturated rings. The molecule has 1 aromatic heterocycles. The minimum atomic E-state index is -0.353. The number of imidazole rings is 1. The fourth-order valence-electron chi connectivity index (χ4n) is 3.80. The minimum Gasteiger partial charge on any atom is -0.487 e. The van der Waals surface area contributed by atoms with Crippen molar-refractivity contribution < 1.29 is 9.13 Å². The summed E-state index contributed by atoms with van der Waals surface area (Å²) in [7, 11) is 0. The molecule has 5 rings (SSSR count). The number of allylic oxidation sites excluding steroid dienone is 1. The standard InChI is InChI=1S/C27H16FI2N3O/c28-20-8-9-24-25(13-20)33-27(32-24)19(14-31)10-16-11-22(29)26(23(30)12-16)34-15-18-6-3-5-17-4-1-2-7-21(17)18/h1-13H,15H2,(H,32,33)/b19-10-. The largest absolute Gasteiger partial charge is 0.487 e. The molecule has 0 unspecified atom stereocenters. The highest BCUT2D eigenvalue weighted by atomic mass is 127. The summed E-state index contributed by atoms with van der Waals surface area (Å²) in [6.45, 7) is 0.460. The molecule has 0 radical (unpaired) electrons. The van der Waals surface area contributed by atoms with Crippen molar-refractivity contribution in [2.24, 2.45) is 0 Å². The third-order valence-corrected chi connectivity index (χ3v) is 7.01. The van der Waals surface area contributed by atoms with Crippen LogP contribution in [-0.2, 0) is 6.61 Å². The molecular formula is C27H16FI2N3O. The maximum atomic E-state index is 13.5. The summed E-state index contributed by atoms with van der Waals surface area (Å²) >= 11 is 4.51. The summed E-state index contributed by atoms with van der Waals surface area (Å²) in [5.74, 6) is 0.863. The van der Waals surface area contributed by atoms with Crippen LogP contribution in [0.25, 0.3) is 33.5 Å². The van der Waals surface area contributed by atoms with Gasteiger partial charge in [0.05, 0.1) is 23.7 Å². The number of benzene rings is 4. The zero-order valence-corrected chi connectivity index (χ0v) is 22.0. The number of aromatic nitrogens is 2. The van der Waals surface area contributed by atoms with E-state index in [1.807, 2.05) is 30.3 Å². The molecular weight excluding hydrogens is 655 g/mol. The normalized spacial score (nSPS) is 11.6. The fourth-order valence-corrected chi connectivity index (χ4v) is 5.93. The van der Waals surface area contributed by atoms with Crippen molar-refractivity contribution in [3.8, 4) is 11.8 Å². The topological polar surface area (TPSA) is 61.7 Å². The van der Waals surface area contributed by atoms with Gasteiger partial charge in [-0.05, 0) is 103 Å². The lowest BCUT2D eigenvalue weighted by atomic mass is 10.1. The number of nitrogens with zero attached hydrogens (tertiary/aromatic N) is 2. The summed E-state index contributed by atoms with van der Waals surface area (Å²) in [5, 5.41) is 12.1. The van der Waals surface area contributed by atoms with Crippen LogP contribution in [0.4, 0.5) is 4.39 Å². The summed E-state index contributed by atoms with van der Waals surface area (Å²) in [5.41, 5.74) is 3.51. The first-order valence-electron chi connectivity index (χ1n) is 10.4. The second-order valence-electron chi connectivity index (χ2n) is 7.66. The van der Waals surface area contributed by atoms with Crippen molar-refractivity contribution in [2.75, 3.05) is 0 Å². The van der Waals surface area contributed by atoms with Crippen molar-refractivity contribution in [1.82, 2.24) is 9.97 Å². The van der Waals surface area contributed by atoms with E-state index in [1.165, 1.54) is 22.9 Å². The number of hydrogen-bond acceptors (Lipinski definition) is 3. The van der Waals surface area contributed by atoms with Gasteiger partial charge >= 0.3 is 0 Å². The Hall–Kier alpha value is -2.97. The van der Waals surface area contributed by atoms with Crippen LogP contribution in [0.3, 0.4) is 0 Å². The van der Waals surface area contributed by atoms with E-state index in [4.69, 9.17) is 4.74 Å². The highest BCUT2D eigenvalue weighted by Gasteiger charge is 2.13. The van der Waals surface area contributed by atoms with E-state index in [1.54, 1.807) is 12.1 Å². The first kappa shape index (κ1) is 22.8. The Balaban J connectivity index is 1.42. The van der Waals surface area contributed by atoms with Gasteiger partial charge in [-0.2, -0.15) is 5.26 Å². The first-order chi connectivity index (χ1) is 16.5. The molecule has 0 saturated heterocycles. The summed E-state index contributed by atoms with van der Waals surface area (Å²) in [4.78, 5) is 7.46. The van der Waals surface area contributed by atoms with E-state index in [0.717, 1.165) is 24.0 Å². The molecule has 4 aromatic carbocycles. The Morgan fingerprint density at radius 3 is 2.59 bits per heavy atom. The Bertz CT molecular complexity index is 1590. The predicted octanol–water partition coefficient (Wildman–Crippen LogP) is 7.71. The monoisotopic (exact) mass is 671 g/mol. The number of fused-ring (bicyclic) bond motifs is 2. The van der Waals surface area contributed by atoms with Gasteiger partial charge in [0, 0.05) is 0 Å². The van der Waals surface area contributed by atoms with Crippen LogP contribution in [0, 0.1) is 24.3 Å². The highest BCUT2D eigenvalue weighted by molar-refractivity contribution is 14.1. The SMILES string of the molecule is N#C/C(=C/c1cc(I)c(OCc2cccc3ccccc23)c(I)c1)c1nc2ccc(F)cc2[nH]1. The van der Waals surface area contributed by atoms with E-state index in [9.17, 15) is 9.65 Å². The summed E-state index contributed by atoms with van der Waals surface area (Å²) in [6.07, 6.45) is 1.77. The Morgan fingerprint density at radius 1 is 1.03 bits per heavy atom. The average molecular weight is 671 g/mol. The molecule has 4 nitrogen and oxygen atoms in total. The lowest BCUT2D eigenvalue weighted by Gasteiger charge is -2.13. The molecule has 5 aromatic rings.